The SMILES string of the molecule is CC1(C)OB(c2ccc(-c3cc(CO)no3)cc2)OC1(C)C. The first-order valence-electron chi connectivity index (χ1n) is 7.35. The number of rotatable bonds is 3. The summed E-state index contributed by atoms with van der Waals surface area (Å²) in [5.41, 5.74) is 1.68. The second-order valence-electron chi connectivity index (χ2n) is 6.55. The molecule has 116 valence electrons. The van der Waals surface area contributed by atoms with Crippen LogP contribution in [0.3, 0.4) is 0 Å². The first-order valence-corrected chi connectivity index (χ1v) is 7.35. The summed E-state index contributed by atoms with van der Waals surface area (Å²) in [6.45, 7) is 8.01. The molecular formula is C16H20BNO4. The van der Waals surface area contributed by atoms with Crippen molar-refractivity contribution in [1.82, 2.24) is 5.16 Å². The molecule has 22 heavy (non-hydrogen) atoms. The molecule has 0 radical (unpaired) electrons. The van der Waals surface area contributed by atoms with Gasteiger partial charge >= 0.3 is 7.12 Å². The Hall–Kier alpha value is -1.63. The Morgan fingerprint density at radius 1 is 1.05 bits per heavy atom. The minimum Gasteiger partial charge on any atom is -0.399 e. The summed E-state index contributed by atoms with van der Waals surface area (Å²) in [5.74, 6) is 0.629. The van der Waals surface area contributed by atoms with Crippen LogP contribution < -0.4 is 5.46 Å². The number of hydrogen-bond donors (Lipinski definition) is 1. The molecule has 0 saturated carbocycles. The largest absolute Gasteiger partial charge is 0.494 e. The van der Waals surface area contributed by atoms with E-state index in [2.05, 4.69) is 5.16 Å². The van der Waals surface area contributed by atoms with Crippen LogP contribution in [0.2, 0.25) is 0 Å². The molecule has 1 fully saturated rings. The summed E-state index contributed by atoms with van der Waals surface area (Å²) in [6.07, 6.45) is 0. The van der Waals surface area contributed by atoms with Gasteiger partial charge in [0, 0.05) is 11.6 Å². The van der Waals surface area contributed by atoms with Gasteiger partial charge in [0.15, 0.2) is 5.76 Å². The molecule has 0 aliphatic carbocycles. The zero-order valence-corrected chi connectivity index (χ0v) is 13.3. The van der Waals surface area contributed by atoms with Gasteiger partial charge in [-0.3, -0.25) is 0 Å². The van der Waals surface area contributed by atoms with Gasteiger partial charge in [0.25, 0.3) is 0 Å². The lowest BCUT2D eigenvalue weighted by Crippen LogP contribution is -2.41. The fraction of sp³-hybridized carbons (Fsp3) is 0.438. The molecular weight excluding hydrogens is 281 g/mol. The summed E-state index contributed by atoms with van der Waals surface area (Å²) in [7, 11) is -0.373. The van der Waals surface area contributed by atoms with Crippen LogP contribution in [0.5, 0.6) is 0 Å². The highest BCUT2D eigenvalue weighted by Crippen LogP contribution is 2.36. The predicted octanol–water partition coefficient (Wildman–Crippen LogP) is 2.13. The molecule has 5 nitrogen and oxygen atoms in total. The summed E-state index contributed by atoms with van der Waals surface area (Å²) in [6, 6.07) is 9.51. The molecule has 1 aliphatic rings. The van der Waals surface area contributed by atoms with Crippen LogP contribution >= 0.6 is 0 Å². The van der Waals surface area contributed by atoms with Gasteiger partial charge in [0.05, 0.1) is 17.8 Å². The standard InChI is InChI=1S/C16H20BNO4/c1-15(2)16(3,4)22-17(21-15)12-7-5-11(6-8-12)14-9-13(10-19)18-20-14/h5-9,19H,10H2,1-4H3. The number of aromatic nitrogens is 1. The molecule has 1 saturated heterocycles. The van der Waals surface area contributed by atoms with Crippen LogP contribution in [0.15, 0.2) is 34.9 Å². The Kier molecular flexibility index (Phi) is 3.63. The van der Waals surface area contributed by atoms with Crippen molar-refractivity contribution in [3.63, 3.8) is 0 Å². The highest BCUT2D eigenvalue weighted by atomic mass is 16.7. The highest BCUT2D eigenvalue weighted by molar-refractivity contribution is 6.62. The molecule has 0 spiro atoms. The van der Waals surface area contributed by atoms with Gasteiger partial charge in [-0.25, -0.2) is 0 Å². The minimum absolute atomic E-state index is 0.129. The number of aliphatic hydroxyl groups is 1. The topological polar surface area (TPSA) is 64.7 Å². The molecule has 0 bridgehead atoms. The lowest BCUT2D eigenvalue weighted by molar-refractivity contribution is 0.00578. The van der Waals surface area contributed by atoms with Crippen molar-refractivity contribution < 1.29 is 18.9 Å². The van der Waals surface area contributed by atoms with E-state index in [1.165, 1.54) is 0 Å². The summed E-state index contributed by atoms with van der Waals surface area (Å²) < 4.78 is 17.3. The molecule has 6 heteroatoms. The van der Waals surface area contributed by atoms with Gasteiger partial charge in [-0.1, -0.05) is 29.4 Å². The Bertz CT molecular complexity index is 647. The molecule has 2 aromatic rings. The van der Waals surface area contributed by atoms with Gasteiger partial charge in [-0.05, 0) is 33.2 Å². The Labute approximate surface area is 130 Å². The van der Waals surface area contributed by atoms with Crippen LogP contribution in [0.25, 0.3) is 11.3 Å². The highest BCUT2D eigenvalue weighted by Gasteiger charge is 2.51. The van der Waals surface area contributed by atoms with E-state index in [4.69, 9.17) is 18.9 Å². The Morgan fingerprint density at radius 2 is 1.64 bits per heavy atom. The monoisotopic (exact) mass is 301 g/mol. The van der Waals surface area contributed by atoms with Crippen molar-refractivity contribution in [1.29, 1.82) is 0 Å². The summed E-state index contributed by atoms with van der Waals surface area (Å²) >= 11 is 0. The van der Waals surface area contributed by atoms with E-state index in [9.17, 15) is 0 Å². The van der Waals surface area contributed by atoms with Gasteiger partial charge in [-0.15, -0.1) is 0 Å². The first kappa shape index (κ1) is 15.3. The van der Waals surface area contributed by atoms with Gasteiger partial charge < -0.3 is 18.9 Å². The molecule has 0 amide bonds. The molecule has 2 heterocycles. The van der Waals surface area contributed by atoms with Crippen LogP contribution in [-0.2, 0) is 15.9 Å². The van der Waals surface area contributed by atoms with E-state index in [0.29, 0.717) is 11.5 Å². The van der Waals surface area contributed by atoms with Crippen LogP contribution in [0.1, 0.15) is 33.4 Å². The van der Waals surface area contributed by atoms with Crippen molar-refractivity contribution >= 4 is 12.6 Å². The minimum atomic E-state index is -0.373. The van der Waals surface area contributed by atoms with Crippen LogP contribution in [0.4, 0.5) is 0 Å². The summed E-state index contributed by atoms with van der Waals surface area (Å²) in [5, 5.41) is 12.8. The molecule has 3 rings (SSSR count). The second-order valence-corrected chi connectivity index (χ2v) is 6.55. The maximum absolute atomic E-state index is 9.03. The van der Waals surface area contributed by atoms with E-state index in [-0.39, 0.29) is 24.9 Å². The maximum atomic E-state index is 9.03. The fourth-order valence-electron chi connectivity index (χ4n) is 2.31. The lowest BCUT2D eigenvalue weighted by atomic mass is 9.79. The molecule has 0 unspecified atom stereocenters. The van der Waals surface area contributed by atoms with Crippen molar-refractivity contribution in [3.05, 3.63) is 36.0 Å². The van der Waals surface area contributed by atoms with Crippen molar-refractivity contribution in [3.8, 4) is 11.3 Å². The Morgan fingerprint density at radius 3 is 2.14 bits per heavy atom. The van der Waals surface area contributed by atoms with E-state index < -0.39 is 0 Å². The zero-order valence-electron chi connectivity index (χ0n) is 13.3. The van der Waals surface area contributed by atoms with Crippen LogP contribution in [0, 0.1) is 0 Å². The average molecular weight is 301 g/mol. The second kappa shape index (κ2) is 5.23. The molecule has 1 aromatic carbocycles. The summed E-state index contributed by atoms with van der Waals surface area (Å²) in [4.78, 5) is 0. The van der Waals surface area contributed by atoms with Gasteiger partial charge in [-0.2, -0.15) is 0 Å². The lowest BCUT2D eigenvalue weighted by Gasteiger charge is -2.32. The number of nitrogens with zero attached hydrogens (tertiary/aromatic N) is 1. The number of aliphatic hydroxyl groups excluding tert-OH is 1. The Balaban J connectivity index is 1.81. The normalized spacial score (nSPS) is 19.6. The maximum Gasteiger partial charge on any atom is 0.494 e. The molecule has 1 N–H and O–H groups in total. The molecule has 1 aliphatic heterocycles. The van der Waals surface area contributed by atoms with Crippen molar-refractivity contribution in [2.45, 2.75) is 45.5 Å². The third-order valence-electron chi connectivity index (χ3n) is 4.44. The third kappa shape index (κ3) is 2.58. The third-order valence-corrected chi connectivity index (χ3v) is 4.44. The van der Waals surface area contributed by atoms with E-state index in [0.717, 1.165) is 11.0 Å². The predicted molar refractivity (Wildman–Crippen MR) is 83.6 cm³/mol. The van der Waals surface area contributed by atoms with E-state index in [1.54, 1.807) is 6.07 Å². The van der Waals surface area contributed by atoms with Gasteiger partial charge in [0.2, 0.25) is 0 Å². The van der Waals surface area contributed by atoms with Crippen molar-refractivity contribution in [2.24, 2.45) is 0 Å². The number of benzene rings is 1. The molecule has 0 atom stereocenters. The van der Waals surface area contributed by atoms with E-state index >= 15 is 0 Å². The zero-order chi connectivity index (χ0) is 16.0. The van der Waals surface area contributed by atoms with Crippen molar-refractivity contribution in [2.75, 3.05) is 0 Å². The fourth-order valence-corrected chi connectivity index (χ4v) is 2.31. The average Bonchev–Trinajstić information content (AvgIpc) is 3.02. The molecule has 1 aromatic heterocycles. The quantitative estimate of drug-likeness (QED) is 0.880. The van der Waals surface area contributed by atoms with Crippen LogP contribution in [-0.4, -0.2) is 28.6 Å². The van der Waals surface area contributed by atoms with Gasteiger partial charge in [0.1, 0.15) is 5.69 Å². The first-order chi connectivity index (χ1) is 10.3. The van der Waals surface area contributed by atoms with E-state index in [1.807, 2.05) is 52.0 Å². The smallest absolute Gasteiger partial charge is 0.399 e. The number of hydrogen-bond acceptors (Lipinski definition) is 5.